The molecular weight excluding hydrogens is 352 g/mol. The predicted molar refractivity (Wildman–Crippen MR) is 113 cm³/mol. The van der Waals surface area contributed by atoms with Crippen molar-refractivity contribution in [2.24, 2.45) is 11.8 Å². The van der Waals surface area contributed by atoms with Crippen molar-refractivity contribution in [2.75, 3.05) is 16.8 Å². The van der Waals surface area contributed by atoms with Crippen LogP contribution in [0.1, 0.15) is 58.8 Å². The van der Waals surface area contributed by atoms with Gasteiger partial charge in [0.05, 0.1) is 5.69 Å². The molecule has 0 radical (unpaired) electrons. The summed E-state index contributed by atoms with van der Waals surface area (Å²) in [6.45, 7) is 8.13. The predicted octanol–water partition coefficient (Wildman–Crippen LogP) is 4.92. The van der Waals surface area contributed by atoms with Crippen LogP contribution in [-0.2, 0) is 9.59 Å². The lowest BCUT2D eigenvalue weighted by Crippen LogP contribution is -2.44. The second kappa shape index (κ2) is 9.26. The Labute approximate surface area is 168 Å². The molecule has 0 saturated heterocycles. The van der Waals surface area contributed by atoms with Gasteiger partial charge in [0, 0.05) is 18.2 Å². The van der Waals surface area contributed by atoms with Crippen molar-refractivity contribution in [2.45, 2.75) is 64.9 Å². The standard InChI is InChI=1S/C23H32N2O3/c1-4-6-7-17-8-10-18(11-9-17)22(26)24-19-12-13-21-20(15-19)25(14-5-2)23(27)16(3)28-21/h5,12-13,15-18H,2,4,6-11,14H2,1,3H3,(H,24,26). The molecule has 1 fully saturated rings. The van der Waals surface area contributed by atoms with E-state index in [-0.39, 0.29) is 17.7 Å². The van der Waals surface area contributed by atoms with Gasteiger partial charge in [0.15, 0.2) is 6.10 Å². The number of carbonyl (C=O) groups excluding carboxylic acids is 2. The van der Waals surface area contributed by atoms with E-state index in [0.717, 1.165) is 31.6 Å². The summed E-state index contributed by atoms with van der Waals surface area (Å²) in [7, 11) is 0. The minimum atomic E-state index is -0.518. The number of nitrogens with one attached hydrogen (secondary N) is 1. The molecule has 1 heterocycles. The molecule has 5 nitrogen and oxygen atoms in total. The van der Waals surface area contributed by atoms with E-state index in [1.807, 2.05) is 18.2 Å². The molecule has 0 spiro atoms. The number of hydrogen-bond donors (Lipinski definition) is 1. The van der Waals surface area contributed by atoms with E-state index in [9.17, 15) is 9.59 Å². The molecule has 1 atom stereocenters. The second-order valence-corrected chi connectivity index (χ2v) is 8.03. The Bertz CT molecular complexity index is 723. The lowest BCUT2D eigenvalue weighted by Gasteiger charge is -2.33. The van der Waals surface area contributed by atoms with Crippen LogP contribution in [0.15, 0.2) is 30.9 Å². The zero-order valence-corrected chi connectivity index (χ0v) is 17.1. The molecular formula is C23H32N2O3. The molecule has 1 aliphatic heterocycles. The summed E-state index contributed by atoms with van der Waals surface area (Å²) in [5.41, 5.74) is 1.39. The molecule has 1 N–H and O–H groups in total. The molecule has 28 heavy (non-hydrogen) atoms. The Morgan fingerprint density at radius 1 is 1.32 bits per heavy atom. The highest BCUT2D eigenvalue weighted by Crippen LogP contribution is 2.37. The molecule has 5 heteroatoms. The quantitative estimate of drug-likeness (QED) is 0.679. The van der Waals surface area contributed by atoms with E-state index in [2.05, 4.69) is 18.8 Å². The second-order valence-electron chi connectivity index (χ2n) is 8.03. The molecule has 0 aromatic heterocycles. The largest absolute Gasteiger partial charge is 0.479 e. The average molecular weight is 385 g/mol. The first-order valence-corrected chi connectivity index (χ1v) is 10.6. The first-order valence-electron chi connectivity index (χ1n) is 10.6. The fraction of sp³-hybridized carbons (Fsp3) is 0.565. The van der Waals surface area contributed by atoms with E-state index in [1.165, 1.54) is 19.3 Å². The topological polar surface area (TPSA) is 58.6 Å². The first kappa shape index (κ1) is 20.4. The van der Waals surface area contributed by atoms with Crippen molar-refractivity contribution in [1.82, 2.24) is 0 Å². The monoisotopic (exact) mass is 384 g/mol. The van der Waals surface area contributed by atoms with Gasteiger partial charge in [-0.3, -0.25) is 9.59 Å². The van der Waals surface area contributed by atoms with Crippen LogP contribution in [0.25, 0.3) is 0 Å². The lowest BCUT2D eigenvalue weighted by atomic mass is 9.79. The number of benzene rings is 1. The summed E-state index contributed by atoms with van der Waals surface area (Å²) in [6.07, 6.45) is 9.23. The van der Waals surface area contributed by atoms with Crippen molar-refractivity contribution in [3.8, 4) is 5.75 Å². The lowest BCUT2D eigenvalue weighted by molar-refractivity contribution is -0.125. The van der Waals surface area contributed by atoms with E-state index >= 15 is 0 Å². The molecule has 2 aliphatic rings. The summed E-state index contributed by atoms with van der Waals surface area (Å²) in [4.78, 5) is 26.8. The number of ether oxygens (including phenoxy) is 1. The van der Waals surface area contributed by atoms with Crippen molar-refractivity contribution >= 4 is 23.2 Å². The van der Waals surface area contributed by atoms with Crippen LogP contribution in [0.5, 0.6) is 5.75 Å². The van der Waals surface area contributed by atoms with Crippen LogP contribution in [0.4, 0.5) is 11.4 Å². The normalized spacial score (nSPS) is 24.3. The zero-order valence-electron chi connectivity index (χ0n) is 17.1. The van der Waals surface area contributed by atoms with Crippen LogP contribution in [-0.4, -0.2) is 24.5 Å². The van der Waals surface area contributed by atoms with Crippen LogP contribution >= 0.6 is 0 Å². The number of fused-ring (bicyclic) bond motifs is 1. The number of carbonyl (C=O) groups is 2. The zero-order chi connectivity index (χ0) is 20.1. The van der Waals surface area contributed by atoms with E-state index in [1.54, 1.807) is 17.9 Å². The van der Waals surface area contributed by atoms with Gasteiger partial charge in [-0.1, -0.05) is 32.3 Å². The highest BCUT2D eigenvalue weighted by atomic mass is 16.5. The Morgan fingerprint density at radius 2 is 2.07 bits per heavy atom. The van der Waals surface area contributed by atoms with Crippen LogP contribution < -0.4 is 15.0 Å². The maximum atomic E-state index is 12.7. The van der Waals surface area contributed by atoms with E-state index < -0.39 is 6.10 Å². The van der Waals surface area contributed by atoms with Crippen molar-refractivity contribution in [3.05, 3.63) is 30.9 Å². The number of rotatable bonds is 7. The van der Waals surface area contributed by atoms with Crippen molar-refractivity contribution in [1.29, 1.82) is 0 Å². The molecule has 0 bridgehead atoms. The highest BCUT2D eigenvalue weighted by molar-refractivity contribution is 6.01. The van der Waals surface area contributed by atoms with Gasteiger partial charge < -0.3 is 15.0 Å². The first-order chi connectivity index (χ1) is 13.5. The van der Waals surface area contributed by atoms with Crippen LogP contribution in [0, 0.1) is 11.8 Å². The summed E-state index contributed by atoms with van der Waals surface area (Å²) in [5.74, 6) is 1.51. The van der Waals surface area contributed by atoms with Gasteiger partial charge in [-0.2, -0.15) is 0 Å². The van der Waals surface area contributed by atoms with E-state index in [4.69, 9.17) is 4.74 Å². The molecule has 1 aliphatic carbocycles. The molecule has 3 rings (SSSR count). The number of anilines is 2. The maximum absolute atomic E-state index is 12.7. The summed E-state index contributed by atoms with van der Waals surface area (Å²) < 4.78 is 5.70. The Hall–Kier alpha value is -2.30. The third-order valence-corrected chi connectivity index (χ3v) is 5.93. The fourth-order valence-corrected chi connectivity index (χ4v) is 4.25. The molecule has 1 saturated carbocycles. The van der Waals surface area contributed by atoms with Crippen molar-refractivity contribution in [3.63, 3.8) is 0 Å². The third kappa shape index (κ3) is 4.57. The van der Waals surface area contributed by atoms with Gasteiger partial charge in [0.1, 0.15) is 5.75 Å². The number of unbranched alkanes of at least 4 members (excludes halogenated alkanes) is 1. The highest BCUT2D eigenvalue weighted by Gasteiger charge is 2.31. The van der Waals surface area contributed by atoms with Gasteiger partial charge in [-0.25, -0.2) is 0 Å². The van der Waals surface area contributed by atoms with Crippen LogP contribution in [0.2, 0.25) is 0 Å². The van der Waals surface area contributed by atoms with Gasteiger partial charge >= 0.3 is 0 Å². The third-order valence-electron chi connectivity index (χ3n) is 5.93. The minimum absolute atomic E-state index is 0.0797. The number of nitrogens with zero attached hydrogens (tertiary/aromatic N) is 1. The molecule has 1 unspecified atom stereocenters. The Morgan fingerprint density at radius 3 is 2.75 bits per heavy atom. The number of amides is 2. The van der Waals surface area contributed by atoms with Gasteiger partial charge in [0.25, 0.3) is 5.91 Å². The molecule has 152 valence electrons. The minimum Gasteiger partial charge on any atom is -0.479 e. The molecule has 1 aromatic carbocycles. The average Bonchev–Trinajstić information content (AvgIpc) is 2.70. The fourth-order valence-electron chi connectivity index (χ4n) is 4.25. The van der Waals surface area contributed by atoms with Gasteiger partial charge in [-0.15, -0.1) is 6.58 Å². The summed E-state index contributed by atoms with van der Waals surface area (Å²) in [5, 5.41) is 3.05. The molecule has 1 aromatic rings. The maximum Gasteiger partial charge on any atom is 0.268 e. The smallest absolute Gasteiger partial charge is 0.268 e. The number of hydrogen-bond acceptors (Lipinski definition) is 3. The van der Waals surface area contributed by atoms with Crippen LogP contribution in [0.3, 0.4) is 0 Å². The van der Waals surface area contributed by atoms with E-state index in [0.29, 0.717) is 23.7 Å². The Kier molecular flexibility index (Phi) is 6.76. The SMILES string of the molecule is C=CCN1C(=O)C(C)Oc2ccc(NC(=O)C3CCC(CCCC)CC3)cc21. The summed E-state index contributed by atoms with van der Waals surface area (Å²) in [6, 6.07) is 5.50. The van der Waals surface area contributed by atoms with Gasteiger partial charge in [-0.05, 0) is 56.7 Å². The van der Waals surface area contributed by atoms with Gasteiger partial charge in [0.2, 0.25) is 5.91 Å². The Balaban J connectivity index is 1.65. The molecule has 2 amide bonds. The van der Waals surface area contributed by atoms with Crippen molar-refractivity contribution < 1.29 is 14.3 Å². The summed E-state index contributed by atoms with van der Waals surface area (Å²) >= 11 is 0.